The number of carbonyl (C=O) groups excluding carboxylic acids is 1. The van der Waals surface area contributed by atoms with Gasteiger partial charge in [0.15, 0.2) is 0 Å². The van der Waals surface area contributed by atoms with Crippen LogP contribution in [-0.2, 0) is 16.0 Å². The average Bonchev–Trinajstić information content (AvgIpc) is 3.07. The molecule has 1 atom stereocenters. The van der Waals surface area contributed by atoms with Crippen LogP contribution in [0.25, 0.3) is 0 Å². The Morgan fingerprint density at radius 1 is 1.18 bits per heavy atom. The Bertz CT molecular complexity index is 468. The van der Waals surface area contributed by atoms with E-state index in [9.17, 15) is 4.79 Å². The summed E-state index contributed by atoms with van der Waals surface area (Å²) >= 11 is 0. The minimum Gasteiger partial charge on any atom is -0.375 e. The lowest BCUT2D eigenvalue weighted by Gasteiger charge is -2.33. The van der Waals surface area contributed by atoms with E-state index in [2.05, 4.69) is 24.3 Å². The van der Waals surface area contributed by atoms with Crippen molar-refractivity contribution in [3.8, 4) is 0 Å². The molecule has 0 radical (unpaired) electrons. The highest BCUT2D eigenvalue weighted by molar-refractivity contribution is 5.76. The molecular weight excluding hydrogens is 274 g/mol. The SMILES string of the molecule is O=C(CC1CCCC1)N1CCOC(CCc2ccccc2)C1. The summed E-state index contributed by atoms with van der Waals surface area (Å²) in [6.45, 7) is 2.24. The summed E-state index contributed by atoms with van der Waals surface area (Å²) < 4.78 is 5.86. The maximum Gasteiger partial charge on any atom is 0.223 e. The number of rotatable bonds is 5. The van der Waals surface area contributed by atoms with Crippen LogP contribution in [-0.4, -0.2) is 36.6 Å². The molecule has 1 saturated heterocycles. The van der Waals surface area contributed by atoms with Crippen molar-refractivity contribution in [2.24, 2.45) is 5.92 Å². The molecule has 1 unspecified atom stereocenters. The number of hydrogen-bond donors (Lipinski definition) is 0. The maximum absolute atomic E-state index is 12.4. The average molecular weight is 301 g/mol. The quantitative estimate of drug-likeness (QED) is 0.834. The largest absolute Gasteiger partial charge is 0.375 e. The van der Waals surface area contributed by atoms with Gasteiger partial charge >= 0.3 is 0 Å². The Morgan fingerprint density at radius 2 is 1.95 bits per heavy atom. The number of morpholine rings is 1. The van der Waals surface area contributed by atoms with Crippen molar-refractivity contribution in [2.75, 3.05) is 19.7 Å². The van der Waals surface area contributed by atoms with Gasteiger partial charge < -0.3 is 9.64 Å². The van der Waals surface area contributed by atoms with Crippen molar-refractivity contribution in [2.45, 2.75) is 51.0 Å². The molecule has 3 heteroatoms. The van der Waals surface area contributed by atoms with E-state index in [1.807, 2.05) is 11.0 Å². The Kier molecular flexibility index (Phi) is 5.49. The van der Waals surface area contributed by atoms with E-state index in [0.29, 0.717) is 18.4 Å². The first-order chi connectivity index (χ1) is 10.8. The van der Waals surface area contributed by atoms with E-state index < -0.39 is 0 Å². The fourth-order valence-electron chi connectivity index (χ4n) is 3.68. The highest BCUT2D eigenvalue weighted by Crippen LogP contribution is 2.28. The van der Waals surface area contributed by atoms with Crippen LogP contribution in [0.3, 0.4) is 0 Å². The zero-order valence-electron chi connectivity index (χ0n) is 13.4. The molecule has 1 aliphatic heterocycles. The second-order valence-electron chi connectivity index (χ2n) is 6.71. The van der Waals surface area contributed by atoms with Crippen molar-refractivity contribution in [3.05, 3.63) is 35.9 Å². The van der Waals surface area contributed by atoms with Crippen LogP contribution in [0.4, 0.5) is 0 Å². The summed E-state index contributed by atoms with van der Waals surface area (Å²) in [6.07, 6.45) is 8.07. The van der Waals surface area contributed by atoms with Gasteiger partial charge in [-0.1, -0.05) is 43.2 Å². The normalized spacial score (nSPS) is 22.9. The third-order valence-electron chi connectivity index (χ3n) is 5.03. The first-order valence-corrected chi connectivity index (χ1v) is 8.74. The van der Waals surface area contributed by atoms with Crippen LogP contribution in [0, 0.1) is 5.92 Å². The first-order valence-electron chi connectivity index (χ1n) is 8.74. The lowest BCUT2D eigenvalue weighted by atomic mass is 10.0. The molecule has 0 N–H and O–H groups in total. The number of nitrogens with zero attached hydrogens (tertiary/aromatic N) is 1. The van der Waals surface area contributed by atoms with Gasteiger partial charge in [0.05, 0.1) is 12.7 Å². The first kappa shape index (κ1) is 15.5. The molecule has 120 valence electrons. The second-order valence-corrected chi connectivity index (χ2v) is 6.71. The number of ether oxygens (including phenoxy) is 1. The van der Waals surface area contributed by atoms with Crippen LogP contribution in [0.5, 0.6) is 0 Å². The molecule has 1 aromatic rings. The van der Waals surface area contributed by atoms with Gasteiger partial charge in [0, 0.05) is 19.5 Å². The Balaban J connectivity index is 1.45. The van der Waals surface area contributed by atoms with Gasteiger partial charge in [-0.25, -0.2) is 0 Å². The fourth-order valence-corrected chi connectivity index (χ4v) is 3.68. The molecule has 1 aromatic carbocycles. The van der Waals surface area contributed by atoms with Crippen molar-refractivity contribution < 1.29 is 9.53 Å². The number of hydrogen-bond acceptors (Lipinski definition) is 2. The number of amides is 1. The van der Waals surface area contributed by atoms with E-state index in [-0.39, 0.29) is 6.10 Å². The molecule has 2 fully saturated rings. The van der Waals surface area contributed by atoms with E-state index >= 15 is 0 Å². The van der Waals surface area contributed by atoms with Gasteiger partial charge in [-0.05, 0) is 37.2 Å². The Labute approximate surface area is 133 Å². The predicted molar refractivity (Wildman–Crippen MR) is 87.7 cm³/mol. The van der Waals surface area contributed by atoms with E-state index in [1.54, 1.807) is 0 Å². The lowest BCUT2D eigenvalue weighted by Crippen LogP contribution is -2.46. The summed E-state index contributed by atoms with van der Waals surface area (Å²) in [6, 6.07) is 10.5. The molecule has 3 nitrogen and oxygen atoms in total. The van der Waals surface area contributed by atoms with E-state index in [1.165, 1.54) is 31.2 Å². The topological polar surface area (TPSA) is 29.5 Å². The summed E-state index contributed by atoms with van der Waals surface area (Å²) in [5.41, 5.74) is 1.35. The van der Waals surface area contributed by atoms with Crippen LogP contribution in [0.1, 0.15) is 44.1 Å². The predicted octanol–water partition coefficient (Wildman–Crippen LogP) is 3.43. The van der Waals surface area contributed by atoms with Crippen molar-refractivity contribution in [3.63, 3.8) is 0 Å². The number of benzene rings is 1. The van der Waals surface area contributed by atoms with Crippen LogP contribution in [0.15, 0.2) is 30.3 Å². The highest BCUT2D eigenvalue weighted by atomic mass is 16.5. The Morgan fingerprint density at radius 3 is 2.73 bits per heavy atom. The standard InChI is InChI=1S/C19H27NO2/c21-19(14-17-8-4-5-9-17)20-12-13-22-18(15-20)11-10-16-6-2-1-3-7-16/h1-3,6-7,17-18H,4-5,8-15H2. The highest BCUT2D eigenvalue weighted by Gasteiger charge is 2.26. The summed E-state index contributed by atoms with van der Waals surface area (Å²) in [5.74, 6) is 0.984. The van der Waals surface area contributed by atoms with Crippen LogP contribution in [0.2, 0.25) is 0 Å². The van der Waals surface area contributed by atoms with Gasteiger partial charge in [0.2, 0.25) is 5.91 Å². The van der Waals surface area contributed by atoms with Gasteiger partial charge in [-0.15, -0.1) is 0 Å². The smallest absolute Gasteiger partial charge is 0.223 e. The molecule has 1 heterocycles. The van der Waals surface area contributed by atoms with Gasteiger partial charge in [-0.2, -0.15) is 0 Å². The van der Waals surface area contributed by atoms with Gasteiger partial charge in [0.1, 0.15) is 0 Å². The molecule has 2 aliphatic rings. The molecule has 22 heavy (non-hydrogen) atoms. The molecule has 1 aliphatic carbocycles. The molecule has 0 bridgehead atoms. The molecular formula is C19H27NO2. The lowest BCUT2D eigenvalue weighted by molar-refractivity contribution is -0.139. The van der Waals surface area contributed by atoms with Crippen molar-refractivity contribution in [1.29, 1.82) is 0 Å². The van der Waals surface area contributed by atoms with Gasteiger partial charge in [0.25, 0.3) is 0 Å². The third kappa shape index (κ3) is 4.33. The monoisotopic (exact) mass is 301 g/mol. The Hall–Kier alpha value is -1.35. The second kappa shape index (κ2) is 7.77. The van der Waals surface area contributed by atoms with Gasteiger partial charge in [-0.3, -0.25) is 4.79 Å². The minimum absolute atomic E-state index is 0.196. The van der Waals surface area contributed by atoms with Crippen molar-refractivity contribution in [1.82, 2.24) is 4.90 Å². The van der Waals surface area contributed by atoms with Crippen LogP contribution < -0.4 is 0 Å². The number of aryl methyl sites for hydroxylation is 1. The minimum atomic E-state index is 0.196. The maximum atomic E-state index is 12.4. The van der Waals surface area contributed by atoms with E-state index in [0.717, 1.165) is 32.4 Å². The molecule has 1 saturated carbocycles. The molecule has 0 spiro atoms. The fraction of sp³-hybridized carbons (Fsp3) is 0.632. The van der Waals surface area contributed by atoms with Crippen LogP contribution >= 0.6 is 0 Å². The molecule has 3 rings (SSSR count). The summed E-state index contributed by atoms with van der Waals surface area (Å²) in [5, 5.41) is 0. The number of carbonyl (C=O) groups is 1. The zero-order chi connectivity index (χ0) is 15.2. The van der Waals surface area contributed by atoms with E-state index in [4.69, 9.17) is 4.74 Å². The molecule has 0 aromatic heterocycles. The molecule has 1 amide bonds. The third-order valence-corrected chi connectivity index (χ3v) is 5.03. The zero-order valence-corrected chi connectivity index (χ0v) is 13.4. The van der Waals surface area contributed by atoms with Crippen molar-refractivity contribution >= 4 is 5.91 Å². The summed E-state index contributed by atoms with van der Waals surface area (Å²) in [4.78, 5) is 14.5. The summed E-state index contributed by atoms with van der Waals surface area (Å²) in [7, 11) is 0.